The van der Waals surface area contributed by atoms with Crippen LogP contribution in [-0.4, -0.2) is 26.2 Å². The highest BCUT2D eigenvalue weighted by Crippen LogP contribution is 2.49. The van der Waals surface area contributed by atoms with E-state index in [1.807, 2.05) is 41.3 Å². The molecule has 132 valence electrons. The van der Waals surface area contributed by atoms with Crippen molar-refractivity contribution in [2.75, 3.05) is 25.0 Å². The Morgan fingerprint density at radius 1 is 1.12 bits per heavy atom. The summed E-state index contributed by atoms with van der Waals surface area (Å²) < 4.78 is 41.3. The number of anilines is 1. The fourth-order valence-corrected chi connectivity index (χ4v) is 4.34. The van der Waals surface area contributed by atoms with Gasteiger partial charge in [-0.1, -0.05) is 36.4 Å². The van der Waals surface area contributed by atoms with Gasteiger partial charge in [0.05, 0.1) is 11.3 Å². The third-order valence-electron chi connectivity index (χ3n) is 5.45. The predicted molar refractivity (Wildman–Crippen MR) is 93.1 cm³/mol. The van der Waals surface area contributed by atoms with Gasteiger partial charge in [-0.3, -0.25) is 0 Å². The first-order chi connectivity index (χ1) is 11.9. The first-order valence-electron chi connectivity index (χ1n) is 8.66. The maximum absolute atomic E-state index is 13.8. The van der Waals surface area contributed by atoms with Crippen LogP contribution in [0.25, 0.3) is 0 Å². The van der Waals surface area contributed by atoms with E-state index in [4.69, 9.17) is 0 Å². The number of nitrogens with one attached hydrogen (secondary N) is 1. The highest BCUT2D eigenvalue weighted by atomic mass is 19.4. The molecule has 2 aromatic carbocycles. The van der Waals surface area contributed by atoms with Gasteiger partial charge in [0.25, 0.3) is 0 Å². The van der Waals surface area contributed by atoms with E-state index < -0.39 is 11.7 Å². The average Bonchev–Trinajstić information content (AvgIpc) is 2.88. The number of rotatable bonds is 2. The number of piperidine rings is 1. The van der Waals surface area contributed by atoms with Gasteiger partial charge in [-0.25, -0.2) is 0 Å². The molecule has 0 amide bonds. The van der Waals surface area contributed by atoms with Crippen LogP contribution < -0.4 is 10.2 Å². The molecule has 1 saturated heterocycles. The van der Waals surface area contributed by atoms with Crippen LogP contribution in [0.2, 0.25) is 0 Å². The molecule has 0 saturated carbocycles. The maximum Gasteiger partial charge on any atom is 0.418 e. The van der Waals surface area contributed by atoms with Crippen LogP contribution in [-0.2, 0) is 12.6 Å². The Kier molecular flexibility index (Phi) is 3.99. The maximum atomic E-state index is 13.8. The molecule has 2 aliphatic heterocycles. The molecule has 0 bridgehead atoms. The van der Waals surface area contributed by atoms with E-state index in [0.29, 0.717) is 12.1 Å². The van der Waals surface area contributed by atoms with Gasteiger partial charge < -0.3 is 10.2 Å². The third-order valence-corrected chi connectivity index (χ3v) is 5.45. The Hall–Kier alpha value is -2.01. The van der Waals surface area contributed by atoms with Crippen LogP contribution in [0.4, 0.5) is 18.9 Å². The van der Waals surface area contributed by atoms with Gasteiger partial charge in [-0.2, -0.15) is 13.2 Å². The summed E-state index contributed by atoms with van der Waals surface area (Å²) in [6, 6.07) is 13.2. The van der Waals surface area contributed by atoms with Gasteiger partial charge in [0.15, 0.2) is 0 Å². The Morgan fingerprint density at radius 2 is 1.88 bits per heavy atom. The van der Waals surface area contributed by atoms with Gasteiger partial charge in [0.1, 0.15) is 0 Å². The normalized spacial score (nSPS) is 22.6. The van der Waals surface area contributed by atoms with E-state index in [1.54, 1.807) is 7.05 Å². The van der Waals surface area contributed by atoms with Crippen molar-refractivity contribution >= 4 is 5.69 Å². The summed E-state index contributed by atoms with van der Waals surface area (Å²) in [4.78, 5) is 1.86. The SMILES string of the molecule is CN1c2c(cc(Cc3ccccc3)cc2C(F)(F)F)[C@H]2CNCC[C@H]21. The van der Waals surface area contributed by atoms with E-state index in [0.717, 1.165) is 36.2 Å². The lowest BCUT2D eigenvalue weighted by Gasteiger charge is -2.31. The number of hydrogen-bond acceptors (Lipinski definition) is 2. The van der Waals surface area contributed by atoms with Crippen LogP contribution in [0.1, 0.15) is 34.6 Å². The van der Waals surface area contributed by atoms with Crippen LogP contribution >= 0.6 is 0 Å². The molecule has 0 aromatic heterocycles. The number of fused-ring (bicyclic) bond motifs is 3. The van der Waals surface area contributed by atoms with Crippen molar-refractivity contribution in [2.45, 2.75) is 31.0 Å². The van der Waals surface area contributed by atoms with Crippen LogP contribution in [0.3, 0.4) is 0 Å². The molecule has 2 atom stereocenters. The van der Waals surface area contributed by atoms with Crippen molar-refractivity contribution in [3.8, 4) is 0 Å². The summed E-state index contributed by atoms with van der Waals surface area (Å²) in [6.45, 7) is 1.60. The topological polar surface area (TPSA) is 15.3 Å². The minimum Gasteiger partial charge on any atom is -0.370 e. The third kappa shape index (κ3) is 2.91. The number of alkyl halides is 3. The van der Waals surface area contributed by atoms with Crippen molar-refractivity contribution < 1.29 is 13.2 Å². The molecule has 4 rings (SSSR count). The molecule has 2 nitrogen and oxygen atoms in total. The number of hydrogen-bond donors (Lipinski definition) is 1. The lowest BCUT2D eigenvalue weighted by Crippen LogP contribution is -2.42. The molecule has 1 fully saturated rings. The minimum absolute atomic E-state index is 0.130. The van der Waals surface area contributed by atoms with Crippen LogP contribution in [0, 0.1) is 0 Å². The first-order valence-corrected chi connectivity index (χ1v) is 8.66. The molecule has 2 aromatic rings. The Morgan fingerprint density at radius 3 is 2.60 bits per heavy atom. The van der Waals surface area contributed by atoms with Crippen molar-refractivity contribution in [3.05, 3.63) is 64.7 Å². The number of halogens is 3. The van der Waals surface area contributed by atoms with E-state index in [9.17, 15) is 13.2 Å². The molecule has 1 N–H and O–H groups in total. The zero-order valence-electron chi connectivity index (χ0n) is 14.1. The highest BCUT2D eigenvalue weighted by molar-refractivity contribution is 5.68. The number of nitrogens with zero attached hydrogens (tertiary/aromatic N) is 1. The van der Waals surface area contributed by atoms with Gasteiger partial charge in [-0.05, 0) is 42.1 Å². The Bertz CT molecular complexity index is 771. The molecule has 25 heavy (non-hydrogen) atoms. The average molecular weight is 346 g/mol. The second-order valence-electron chi connectivity index (χ2n) is 7.02. The van der Waals surface area contributed by atoms with E-state index in [1.165, 1.54) is 6.07 Å². The molecule has 0 unspecified atom stereocenters. The summed E-state index contributed by atoms with van der Waals surface area (Å²) in [5.74, 6) is 0.130. The lowest BCUT2D eigenvalue weighted by atomic mass is 9.88. The van der Waals surface area contributed by atoms with Crippen LogP contribution in [0.5, 0.6) is 0 Å². The predicted octanol–water partition coefficient (Wildman–Crippen LogP) is 4.19. The molecule has 0 aliphatic carbocycles. The zero-order chi connectivity index (χ0) is 17.6. The summed E-state index contributed by atoms with van der Waals surface area (Å²) >= 11 is 0. The molecule has 2 heterocycles. The molecule has 2 aliphatic rings. The largest absolute Gasteiger partial charge is 0.418 e. The second-order valence-corrected chi connectivity index (χ2v) is 7.02. The van der Waals surface area contributed by atoms with E-state index in [-0.39, 0.29) is 12.0 Å². The number of benzene rings is 2. The van der Waals surface area contributed by atoms with Gasteiger partial charge in [-0.15, -0.1) is 0 Å². The summed E-state index contributed by atoms with van der Waals surface area (Å²) in [5.41, 5.74) is 2.49. The minimum atomic E-state index is -4.34. The first kappa shape index (κ1) is 16.5. The van der Waals surface area contributed by atoms with Crippen molar-refractivity contribution in [1.82, 2.24) is 5.32 Å². The second kappa shape index (κ2) is 6.06. The number of likely N-dealkylation sites (N-methyl/N-ethyl adjacent to an activating group) is 1. The summed E-state index contributed by atoms with van der Waals surface area (Å²) in [6.07, 6.45) is -2.95. The van der Waals surface area contributed by atoms with Crippen molar-refractivity contribution in [3.63, 3.8) is 0 Å². The Balaban J connectivity index is 1.82. The summed E-state index contributed by atoms with van der Waals surface area (Å²) in [5, 5.41) is 3.34. The molecular weight excluding hydrogens is 325 g/mol. The molecular formula is C20H21F3N2. The van der Waals surface area contributed by atoms with Crippen molar-refractivity contribution in [2.24, 2.45) is 0 Å². The van der Waals surface area contributed by atoms with Gasteiger partial charge in [0.2, 0.25) is 0 Å². The Labute approximate surface area is 145 Å². The molecule has 0 spiro atoms. The zero-order valence-corrected chi connectivity index (χ0v) is 14.1. The fraction of sp³-hybridized carbons (Fsp3) is 0.400. The quantitative estimate of drug-likeness (QED) is 0.877. The molecule has 5 heteroatoms. The monoisotopic (exact) mass is 346 g/mol. The summed E-state index contributed by atoms with van der Waals surface area (Å²) in [7, 11) is 1.81. The van der Waals surface area contributed by atoms with E-state index in [2.05, 4.69) is 5.32 Å². The standard InChI is InChI=1S/C20H21F3N2/c1-25-18-7-8-24-12-16(18)15-10-14(9-13-5-3-2-4-6-13)11-17(19(15)25)20(21,22)23/h2-6,10-11,16,18,24H,7-9,12H2,1H3/t16-,18-/m1/s1. The van der Waals surface area contributed by atoms with Gasteiger partial charge >= 0.3 is 6.18 Å². The highest BCUT2D eigenvalue weighted by Gasteiger charge is 2.44. The van der Waals surface area contributed by atoms with Gasteiger partial charge in [0, 0.05) is 25.6 Å². The smallest absolute Gasteiger partial charge is 0.370 e. The molecule has 0 radical (unpaired) electrons. The van der Waals surface area contributed by atoms with Crippen LogP contribution in [0.15, 0.2) is 42.5 Å². The van der Waals surface area contributed by atoms with Crippen molar-refractivity contribution in [1.29, 1.82) is 0 Å². The lowest BCUT2D eigenvalue weighted by molar-refractivity contribution is -0.137. The fourth-order valence-electron chi connectivity index (χ4n) is 4.34. The van der Waals surface area contributed by atoms with E-state index >= 15 is 0 Å².